The van der Waals surface area contributed by atoms with Crippen molar-refractivity contribution in [2.24, 2.45) is 11.7 Å². The van der Waals surface area contributed by atoms with Crippen LogP contribution in [0.4, 0.5) is 0 Å². The molecule has 3 unspecified atom stereocenters. The van der Waals surface area contributed by atoms with Gasteiger partial charge in [0, 0.05) is 12.1 Å². The molecule has 3 nitrogen and oxygen atoms in total. The van der Waals surface area contributed by atoms with Crippen LogP contribution < -0.4 is 15.2 Å². The lowest BCUT2D eigenvalue weighted by Gasteiger charge is -2.10. The number of rotatable bonds is 8. The van der Waals surface area contributed by atoms with Crippen molar-refractivity contribution in [2.75, 3.05) is 6.61 Å². The molecule has 2 aliphatic rings. The molecule has 0 bridgehead atoms. The summed E-state index contributed by atoms with van der Waals surface area (Å²) in [4.78, 5) is 0. The maximum absolute atomic E-state index is 6.05. The van der Waals surface area contributed by atoms with Crippen LogP contribution in [0.15, 0.2) is 72.8 Å². The van der Waals surface area contributed by atoms with Gasteiger partial charge in [0.25, 0.3) is 0 Å². The molecule has 0 aliphatic heterocycles. The smallest absolute Gasteiger partial charge is 0.131 e. The SMILES string of the molecule is CC(N)c1ccc(C2CC2c2ccc(Oc3cccc(OCC4CC4)c3)cc2)cc1. The van der Waals surface area contributed by atoms with Gasteiger partial charge < -0.3 is 15.2 Å². The van der Waals surface area contributed by atoms with Crippen molar-refractivity contribution in [3.8, 4) is 17.2 Å². The van der Waals surface area contributed by atoms with Crippen LogP contribution in [0.3, 0.4) is 0 Å². The Morgan fingerprint density at radius 1 is 0.833 bits per heavy atom. The largest absolute Gasteiger partial charge is 0.493 e. The first kappa shape index (κ1) is 19.2. The molecule has 0 heterocycles. The molecule has 2 saturated carbocycles. The second-order valence-electron chi connectivity index (χ2n) is 8.80. The van der Waals surface area contributed by atoms with E-state index in [1.807, 2.05) is 31.2 Å². The average molecular weight is 400 g/mol. The number of hydrogen-bond donors (Lipinski definition) is 1. The molecule has 0 radical (unpaired) electrons. The summed E-state index contributed by atoms with van der Waals surface area (Å²) in [7, 11) is 0. The Balaban J connectivity index is 1.19. The maximum Gasteiger partial charge on any atom is 0.131 e. The van der Waals surface area contributed by atoms with E-state index in [0.717, 1.165) is 29.8 Å². The summed E-state index contributed by atoms with van der Waals surface area (Å²) in [5.41, 5.74) is 9.95. The van der Waals surface area contributed by atoms with Crippen LogP contribution in [0, 0.1) is 5.92 Å². The molecule has 3 aromatic rings. The Labute approximate surface area is 178 Å². The van der Waals surface area contributed by atoms with Gasteiger partial charge in [-0.1, -0.05) is 42.5 Å². The molecule has 3 heteroatoms. The van der Waals surface area contributed by atoms with Gasteiger partial charge in [-0.3, -0.25) is 0 Å². The van der Waals surface area contributed by atoms with E-state index in [1.54, 1.807) is 0 Å². The fraction of sp³-hybridized carbons (Fsp3) is 0.333. The van der Waals surface area contributed by atoms with Crippen LogP contribution >= 0.6 is 0 Å². The van der Waals surface area contributed by atoms with Gasteiger partial charge in [-0.05, 0) is 84.9 Å². The fourth-order valence-corrected chi connectivity index (χ4v) is 4.02. The van der Waals surface area contributed by atoms with E-state index in [0.29, 0.717) is 11.8 Å². The molecule has 0 aromatic heterocycles. The third kappa shape index (κ3) is 4.52. The minimum Gasteiger partial charge on any atom is -0.493 e. The van der Waals surface area contributed by atoms with Crippen LogP contribution in [-0.2, 0) is 0 Å². The van der Waals surface area contributed by atoms with Crippen molar-refractivity contribution in [1.29, 1.82) is 0 Å². The van der Waals surface area contributed by atoms with Crippen molar-refractivity contribution in [3.63, 3.8) is 0 Å². The first-order valence-corrected chi connectivity index (χ1v) is 11.0. The van der Waals surface area contributed by atoms with Gasteiger partial charge in [0.15, 0.2) is 0 Å². The zero-order valence-corrected chi connectivity index (χ0v) is 17.5. The molecule has 0 amide bonds. The lowest BCUT2D eigenvalue weighted by atomic mass is 10.0. The van der Waals surface area contributed by atoms with E-state index >= 15 is 0 Å². The Hall–Kier alpha value is -2.78. The highest BCUT2D eigenvalue weighted by molar-refractivity contribution is 5.42. The molecule has 5 rings (SSSR count). The van der Waals surface area contributed by atoms with Crippen LogP contribution in [0.2, 0.25) is 0 Å². The third-order valence-corrected chi connectivity index (χ3v) is 6.21. The first-order chi connectivity index (χ1) is 14.7. The van der Waals surface area contributed by atoms with Gasteiger partial charge in [-0.2, -0.15) is 0 Å². The first-order valence-electron chi connectivity index (χ1n) is 11.0. The zero-order chi connectivity index (χ0) is 20.5. The highest BCUT2D eigenvalue weighted by Gasteiger charge is 2.39. The molecule has 30 heavy (non-hydrogen) atoms. The predicted octanol–water partition coefficient (Wildman–Crippen LogP) is 6.56. The summed E-state index contributed by atoms with van der Waals surface area (Å²) in [6.07, 6.45) is 3.79. The average Bonchev–Trinajstić information content (AvgIpc) is 3.68. The van der Waals surface area contributed by atoms with E-state index in [1.165, 1.54) is 36.0 Å². The van der Waals surface area contributed by atoms with Crippen LogP contribution in [0.5, 0.6) is 17.2 Å². The third-order valence-electron chi connectivity index (χ3n) is 6.21. The lowest BCUT2D eigenvalue weighted by Crippen LogP contribution is -2.04. The van der Waals surface area contributed by atoms with Crippen LogP contribution in [0.25, 0.3) is 0 Å². The van der Waals surface area contributed by atoms with Crippen molar-refractivity contribution in [1.82, 2.24) is 0 Å². The highest BCUT2D eigenvalue weighted by atomic mass is 16.5. The van der Waals surface area contributed by atoms with Gasteiger partial charge in [0.2, 0.25) is 0 Å². The standard InChI is InChI=1S/C27H29NO2/c1-18(28)20-7-9-21(10-8-20)26-16-27(26)22-11-13-23(14-12-22)30-25-4-2-3-24(15-25)29-17-19-5-6-19/h2-4,7-15,18-19,26-27H,5-6,16-17,28H2,1H3. The summed E-state index contributed by atoms with van der Waals surface area (Å²) in [5.74, 6) is 4.51. The number of benzene rings is 3. The Morgan fingerprint density at radius 3 is 2.10 bits per heavy atom. The molecule has 2 fully saturated rings. The predicted molar refractivity (Wildman–Crippen MR) is 120 cm³/mol. The van der Waals surface area contributed by atoms with E-state index in [9.17, 15) is 0 Å². The van der Waals surface area contributed by atoms with Crippen molar-refractivity contribution in [2.45, 2.75) is 44.1 Å². The molecular weight excluding hydrogens is 370 g/mol. The summed E-state index contributed by atoms with van der Waals surface area (Å²) >= 11 is 0. The summed E-state index contributed by atoms with van der Waals surface area (Å²) < 4.78 is 11.9. The van der Waals surface area contributed by atoms with Crippen LogP contribution in [0.1, 0.15) is 60.8 Å². The van der Waals surface area contributed by atoms with Gasteiger partial charge in [0.05, 0.1) is 6.61 Å². The fourth-order valence-electron chi connectivity index (χ4n) is 4.02. The quantitative estimate of drug-likeness (QED) is 0.466. The van der Waals surface area contributed by atoms with Gasteiger partial charge >= 0.3 is 0 Å². The lowest BCUT2D eigenvalue weighted by molar-refractivity contribution is 0.298. The molecule has 3 aromatic carbocycles. The summed E-state index contributed by atoms with van der Waals surface area (Å²) in [6.45, 7) is 2.84. The molecule has 2 aliphatic carbocycles. The molecule has 2 N–H and O–H groups in total. The van der Waals surface area contributed by atoms with E-state index in [-0.39, 0.29) is 6.04 Å². The second-order valence-corrected chi connectivity index (χ2v) is 8.80. The second kappa shape index (κ2) is 8.16. The number of hydrogen-bond acceptors (Lipinski definition) is 3. The summed E-state index contributed by atoms with van der Waals surface area (Å²) in [6, 6.07) is 25.3. The Morgan fingerprint density at radius 2 is 1.47 bits per heavy atom. The highest BCUT2D eigenvalue weighted by Crippen LogP contribution is 2.54. The normalized spacial score (nSPS) is 21.1. The summed E-state index contributed by atoms with van der Waals surface area (Å²) in [5, 5.41) is 0. The van der Waals surface area contributed by atoms with Crippen molar-refractivity contribution >= 4 is 0 Å². The molecular formula is C27H29NO2. The van der Waals surface area contributed by atoms with Gasteiger partial charge in [0.1, 0.15) is 17.2 Å². The molecule has 154 valence electrons. The topological polar surface area (TPSA) is 44.5 Å². The van der Waals surface area contributed by atoms with E-state index < -0.39 is 0 Å². The van der Waals surface area contributed by atoms with Crippen LogP contribution in [-0.4, -0.2) is 6.61 Å². The molecule has 0 spiro atoms. The van der Waals surface area contributed by atoms with E-state index in [2.05, 4.69) is 48.5 Å². The van der Waals surface area contributed by atoms with E-state index in [4.69, 9.17) is 15.2 Å². The van der Waals surface area contributed by atoms with Crippen molar-refractivity contribution in [3.05, 3.63) is 89.5 Å². The minimum absolute atomic E-state index is 0.0899. The number of ether oxygens (including phenoxy) is 2. The molecule has 3 atom stereocenters. The van der Waals surface area contributed by atoms with Gasteiger partial charge in [-0.25, -0.2) is 0 Å². The Bertz CT molecular complexity index is 990. The number of nitrogens with two attached hydrogens (primary N) is 1. The minimum atomic E-state index is 0.0899. The van der Waals surface area contributed by atoms with Crippen molar-refractivity contribution < 1.29 is 9.47 Å². The van der Waals surface area contributed by atoms with Gasteiger partial charge in [-0.15, -0.1) is 0 Å². The zero-order valence-electron chi connectivity index (χ0n) is 17.5. The Kier molecular flexibility index (Phi) is 5.22. The monoisotopic (exact) mass is 399 g/mol. The molecule has 0 saturated heterocycles. The maximum atomic E-state index is 6.05.